The van der Waals surface area contributed by atoms with Gasteiger partial charge in [-0.1, -0.05) is 0 Å². The molecule has 2 rings (SSSR count). The molecule has 1 aliphatic carbocycles. The van der Waals surface area contributed by atoms with Gasteiger partial charge in [-0.15, -0.1) is 0 Å². The zero-order valence-electron chi connectivity index (χ0n) is 10.4. The largest absolute Gasteiger partial charge is 0.393 e. The number of nitrogens with zero attached hydrogens (tertiary/aromatic N) is 2. The van der Waals surface area contributed by atoms with E-state index in [0.29, 0.717) is 4.90 Å². The molecule has 3 amide bonds. The maximum atomic E-state index is 13.0. The summed E-state index contributed by atoms with van der Waals surface area (Å²) in [6.45, 7) is -0.212. The SMILES string of the molecule is CN1CC(=O)N(C2CC(O)CCC2C(F)(F)F)C1=O. The molecule has 5 nitrogen and oxygen atoms in total. The Balaban J connectivity index is 2.28. The zero-order valence-corrected chi connectivity index (χ0v) is 10.4. The first-order valence-electron chi connectivity index (χ1n) is 6.03. The van der Waals surface area contributed by atoms with E-state index in [1.54, 1.807) is 0 Å². The summed E-state index contributed by atoms with van der Waals surface area (Å²) in [6, 6.07) is -2.02. The Labute approximate surface area is 108 Å². The quantitative estimate of drug-likeness (QED) is 0.728. The van der Waals surface area contributed by atoms with E-state index in [9.17, 15) is 27.9 Å². The third-order valence-electron chi connectivity index (χ3n) is 3.71. The first-order chi connectivity index (χ1) is 8.71. The van der Waals surface area contributed by atoms with Crippen molar-refractivity contribution in [2.45, 2.75) is 37.6 Å². The van der Waals surface area contributed by atoms with E-state index in [0.717, 1.165) is 4.90 Å². The predicted molar refractivity (Wildman–Crippen MR) is 58.1 cm³/mol. The third-order valence-corrected chi connectivity index (χ3v) is 3.71. The second-order valence-electron chi connectivity index (χ2n) is 5.08. The van der Waals surface area contributed by atoms with Crippen LogP contribution in [-0.2, 0) is 4.79 Å². The number of imide groups is 1. The minimum Gasteiger partial charge on any atom is -0.393 e. The molecule has 108 valence electrons. The first-order valence-corrected chi connectivity index (χ1v) is 6.03. The molecule has 0 aromatic carbocycles. The molecule has 2 aliphatic rings. The number of likely N-dealkylation sites (N-methyl/N-ethyl adjacent to an activating group) is 1. The topological polar surface area (TPSA) is 60.9 Å². The number of aliphatic hydroxyl groups excluding tert-OH is 1. The summed E-state index contributed by atoms with van der Waals surface area (Å²) in [5.74, 6) is -2.39. The highest BCUT2D eigenvalue weighted by atomic mass is 19.4. The zero-order chi connectivity index (χ0) is 14.4. The molecule has 3 unspecified atom stereocenters. The number of halogens is 3. The average molecular weight is 280 g/mol. The van der Waals surface area contributed by atoms with Crippen molar-refractivity contribution in [3.63, 3.8) is 0 Å². The summed E-state index contributed by atoms with van der Waals surface area (Å²) in [5, 5.41) is 9.53. The maximum Gasteiger partial charge on any atom is 0.393 e. The van der Waals surface area contributed by atoms with Gasteiger partial charge in [-0.3, -0.25) is 9.69 Å². The predicted octanol–water partition coefficient (Wildman–Crippen LogP) is 0.972. The second-order valence-corrected chi connectivity index (χ2v) is 5.08. The third kappa shape index (κ3) is 2.54. The number of hydrogen-bond acceptors (Lipinski definition) is 3. The fourth-order valence-electron chi connectivity index (χ4n) is 2.76. The summed E-state index contributed by atoms with van der Waals surface area (Å²) in [5.41, 5.74) is 0. The van der Waals surface area contributed by atoms with Crippen molar-refractivity contribution in [2.24, 2.45) is 5.92 Å². The van der Waals surface area contributed by atoms with Crippen molar-refractivity contribution in [1.29, 1.82) is 0 Å². The standard InChI is InChI=1S/C11H15F3N2O3/c1-15-5-9(18)16(10(15)19)8-4-6(17)2-3-7(8)11(12,13)14/h6-8,17H,2-5H2,1H3. The highest BCUT2D eigenvalue weighted by molar-refractivity contribution is 6.02. The van der Waals surface area contributed by atoms with Crippen molar-refractivity contribution in [3.05, 3.63) is 0 Å². The summed E-state index contributed by atoms with van der Waals surface area (Å²) >= 11 is 0. The van der Waals surface area contributed by atoms with Crippen molar-refractivity contribution >= 4 is 11.9 Å². The highest BCUT2D eigenvalue weighted by Crippen LogP contribution is 2.41. The van der Waals surface area contributed by atoms with Gasteiger partial charge in [0.15, 0.2) is 0 Å². The van der Waals surface area contributed by atoms with Crippen LogP contribution in [-0.4, -0.2) is 58.8 Å². The molecule has 1 aliphatic heterocycles. The van der Waals surface area contributed by atoms with E-state index >= 15 is 0 Å². The number of hydrogen-bond donors (Lipinski definition) is 1. The Hall–Kier alpha value is -1.31. The number of carbonyl (C=O) groups excluding carboxylic acids is 2. The molecule has 0 spiro atoms. The summed E-state index contributed by atoms with van der Waals surface area (Å²) in [7, 11) is 1.36. The molecule has 1 saturated carbocycles. The Morgan fingerprint density at radius 1 is 1.26 bits per heavy atom. The van der Waals surface area contributed by atoms with Crippen LogP contribution in [0.15, 0.2) is 0 Å². The van der Waals surface area contributed by atoms with Crippen LogP contribution in [0.1, 0.15) is 19.3 Å². The molecule has 0 aromatic heterocycles. The lowest BCUT2D eigenvalue weighted by atomic mass is 9.81. The van der Waals surface area contributed by atoms with Gasteiger partial charge < -0.3 is 10.0 Å². The van der Waals surface area contributed by atoms with E-state index in [4.69, 9.17) is 0 Å². The lowest BCUT2D eigenvalue weighted by Crippen LogP contribution is -2.53. The lowest BCUT2D eigenvalue weighted by molar-refractivity contribution is -0.201. The smallest absolute Gasteiger partial charge is 0.393 e. The molecule has 1 heterocycles. The van der Waals surface area contributed by atoms with Crippen molar-refractivity contribution in [1.82, 2.24) is 9.80 Å². The number of aliphatic hydroxyl groups is 1. The number of rotatable bonds is 1. The van der Waals surface area contributed by atoms with Gasteiger partial charge in [0, 0.05) is 7.05 Å². The summed E-state index contributed by atoms with van der Waals surface area (Å²) in [4.78, 5) is 25.2. The molecule has 1 N–H and O–H groups in total. The van der Waals surface area contributed by atoms with Gasteiger partial charge in [0.25, 0.3) is 5.91 Å². The summed E-state index contributed by atoms with van der Waals surface area (Å²) < 4.78 is 38.9. The van der Waals surface area contributed by atoms with Crippen LogP contribution in [0.3, 0.4) is 0 Å². The Morgan fingerprint density at radius 2 is 1.89 bits per heavy atom. The van der Waals surface area contributed by atoms with Gasteiger partial charge in [-0.05, 0) is 19.3 Å². The molecule has 3 atom stereocenters. The van der Waals surface area contributed by atoms with Gasteiger partial charge >= 0.3 is 12.2 Å². The fourth-order valence-corrected chi connectivity index (χ4v) is 2.76. The van der Waals surface area contributed by atoms with Crippen LogP contribution >= 0.6 is 0 Å². The van der Waals surface area contributed by atoms with E-state index < -0.39 is 36.2 Å². The van der Waals surface area contributed by atoms with Crippen LogP contribution < -0.4 is 0 Å². The molecule has 2 fully saturated rings. The van der Waals surface area contributed by atoms with E-state index in [-0.39, 0.29) is 25.8 Å². The molecule has 0 radical (unpaired) electrons. The van der Waals surface area contributed by atoms with Gasteiger partial charge in [0.1, 0.15) is 6.54 Å². The van der Waals surface area contributed by atoms with Gasteiger partial charge in [0.05, 0.1) is 18.1 Å². The molecule has 1 saturated heterocycles. The van der Waals surface area contributed by atoms with Crippen molar-refractivity contribution < 1.29 is 27.9 Å². The Kier molecular flexibility index (Phi) is 3.46. The molecular weight excluding hydrogens is 265 g/mol. The molecular formula is C11H15F3N2O3. The molecule has 19 heavy (non-hydrogen) atoms. The molecule has 8 heteroatoms. The number of urea groups is 1. The van der Waals surface area contributed by atoms with Gasteiger partial charge in [0.2, 0.25) is 0 Å². The van der Waals surface area contributed by atoms with Gasteiger partial charge in [-0.25, -0.2) is 4.79 Å². The van der Waals surface area contributed by atoms with E-state index in [2.05, 4.69) is 0 Å². The first kappa shape index (κ1) is 14.1. The van der Waals surface area contributed by atoms with Crippen LogP contribution in [0.4, 0.5) is 18.0 Å². The normalized spacial score (nSPS) is 33.2. The highest BCUT2D eigenvalue weighted by Gasteiger charge is 2.53. The molecule has 0 bridgehead atoms. The van der Waals surface area contributed by atoms with Crippen LogP contribution in [0, 0.1) is 5.92 Å². The van der Waals surface area contributed by atoms with Gasteiger partial charge in [-0.2, -0.15) is 13.2 Å². The maximum absolute atomic E-state index is 13.0. The number of alkyl halides is 3. The minimum absolute atomic E-state index is 0.0345. The van der Waals surface area contributed by atoms with E-state index in [1.807, 2.05) is 0 Å². The van der Waals surface area contributed by atoms with Crippen molar-refractivity contribution in [2.75, 3.05) is 13.6 Å². The van der Waals surface area contributed by atoms with Crippen LogP contribution in [0.25, 0.3) is 0 Å². The van der Waals surface area contributed by atoms with Crippen LogP contribution in [0.5, 0.6) is 0 Å². The molecule has 0 aromatic rings. The Morgan fingerprint density at radius 3 is 2.37 bits per heavy atom. The minimum atomic E-state index is -4.48. The van der Waals surface area contributed by atoms with Crippen molar-refractivity contribution in [3.8, 4) is 0 Å². The van der Waals surface area contributed by atoms with E-state index in [1.165, 1.54) is 7.05 Å². The number of amides is 3. The average Bonchev–Trinajstić information content (AvgIpc) is 2.51. The fraction of sp³-hybridized carbons (Fsp3) is 0.818. The summed E-state index contributed by atoms with van der Waals surface area (Å²) in [6.07, 6.45) is -5.83. The monoisotopic (exact) mass is 280 g/mol. The second kappa shape index (κ2) is 4.66. The lowest BCUT2D eigenvalue weighted by Gasteiger charge is -2.39. The number of carbonyl (C=O) groups is 2. The Bertz CT molecular complexity index is 399. The van der Waals surface area contributed by atoms with Crippen LogP contribution in [0.2, 0.25) is 0 Å².